The summed E-state index contributed by atoms with van der Waals surface area (Å²) in [5, 5.41) is 2.87. The third-order valence-electron chi connectivity index (χ3n) is 3.54. The van der Waals surface area contributed by atoms with Crippen molar-refractivity contribution >= 4 is 11.6 Å². The molecular weight excluding hydrogens is 314 g/mol. The summed E-state index contributed by atoms with van der Waals surface area (Å²) in [6.07, 6.45) is 2.68. The number of carbonyl (C=O) groups excluding carboxylic acids is 1. The van der Waals surface area contributed by atoms with E-state index in [1.54, 1.807) is 24.3 Å². The van der Waals surface area contributed by atoms with E-state index in [0.29, 0.717) is 36.1 Å². The molecular formula is C21H25NO3. The molecule has 4 heteroatoms. The molecule has 0 aromatic heterocycles. The quantitative estimate of drug-likeness (QED) is 0.659. The Balaban J connectivity index is 1.93. The fourth-order valence-electron chi connectivity index (χ4n) is 2.14. The lowest BCUT2D eigenvalue weighted by Gasteiger charge is -2.10. The van der Waals surface area contributed by atoms with Crippen LogP contribution in [-0.2, 0) is 0 Å². The smallest absolute Gasteiger partial charge is 0.255 e. The molecule has 0 heterocycles. The number of rotatable bonds is 9. The number of carbonyl (C=O) groups is 1. The average molecular weight is 339 g/mol. The Kier molecular flexibility index (Phi) is 7.08. The first-order chi connectivity index (χ1) is 12.1. The predicted molar refractivity (Wildman–Crippen MR) is 101 cm³/mol. The van der Waals surface area contributed by atoms with E-state index in [0.717, 1.165) is 12.2 Å². The minimum absolute atomic E-state index is 0.172. The Morgan fingerprint density at radius 3 is 2.56 bits per heavy atom. The fourth-order valence-corrected chi connectivity index (χ4v) is 2.14. The summed E-state index contributed by atoms with van der Waals surface area (Å²) in [6.45, 7) is 9.04. The highest BCUT2D eigenvalue weighted by Gasteiger charge is 2.07. The van der Waals surface area contributed by atoms with Gasteiger partial charge in [-0.15, -0.1) is 0 Å². The zero-order chi connectivity index (χ0) is 18.1. The molecule has 0 bridgehead atoms. The topological polar surface area (TPSA) is 47.6 Å². The van der Waals surface area contributed by atoms with E-state index in [9.17, 15) is 4.79 Å². The molecule has 0 aliphatic rings. The maximum Gasteiger partial charge on any atom is 0.255 e. The van der Waals surface area contributed by atoms with Crippen molar-refractivity contribution in [2.24, 2.45) is 5.92 Å². The highest BCUT2D eigenvalue weighted by atomic mass is 16.5. The molecule has 2 aromatic rings. The Labute approximate surface area is 149 Å². The van der Waals surface area contributed by atoms with E-state index in [1.165, 1.54) is 0 Å². The van der Waals surface area contributed by atoms with Crippen molar-refractivity contribution in [2.75, 3.05) is 18.5 Å². The Morgan fingerprint density at radius 2 is 1.88 bits per heavy atom. The third kappa shape index (κ3) is 6.34. The van der Waals surface area contributed by atoms with Crippen LogP contribution in [0.5, 0.6) is 11.5 Å². The molecule has 0 saturated carbocycles. The van der Waals surface area contributed by atoms with Gasteiger partial charge in [0.05, 0.1) is 6.61 Å². The van der Waals surface area contributed by atoms with E-state index in [1.807, 2.05) is 30.3 Å². The number of benzene rings is 2. The van der Waals surface area contributed by atoms with Gasteiger partial charge in [-0.25, -0.2) is 0 Å². The molecule has 1 amide bonds. The zero-order valence-corrected chi connectivity index (χ0v) is 14.8. The minimum Gasteiger partial charge on any atom is -0.494 e. The summed E-state index contributed by atoms with van der Waals surface area (Å²) >= 11 is 0. The fraction of sp³-hybridized carbons (Fsp3) is 0.286. The molecule has 0 fully saturated rings. The average Bonchev–Trinajstić information content (AvgIpc) is 2.60. The van der Waals surface area contributed by atoms with Gasteiger partial charge >= 0.3 is 0 Å². The highest BCUT2D eigenvalue weighted by Crippen LogP contribution is 2.19. The van der Waals surface area contributed by atoms with Crippen LogP contribution in [0.1, 0.15) is 30.6 Å². The molecule has 25 heavy (non-hydrogen) atoms. The van der Waals surface area contributed by atoms with E-state index in [2.05, 4.69) is 25.7 Å². The molecule has 132 valence electrons. The summed E-state index contributed by atoms with van der Waals surface area (Å²) in [5.74, 6) is 1.90. The predicted octanol–water partition coefficient (Wildman–Crippen LogP) is 4.93. The van der Waals surface area contributed by atoms with E-state index in [4.69, 9.17) is 9.47 Å². The first-order valence-corrected chi connectivity index (χ1v) is 8.46. The van der Waals surface area contributed by atoms with Gasteiger partial charge in [-0.3, -0.25) is 4.79 Å². The van der Waals surface area contributed by atoms with Crippen LogP contribution in [0.4, 0.5) is 5.69 Å². The van der Waals surface area contributed by atoms with Crippen LogP contribution in [0.3, 0.4) is 0 Å². The number of amides is 1. The standard InChI is InChI=1S/C21H25NO3/c1-4-13-24-20-7-5-6-18(15-20)22-21(23)17-8-10-19(11-9-17)25-14-12-16(2)3/h4-11,15-16H,1,12-14H2,2-3H3,(H,22,23). The lowest BCUT2D eigenvalue weighted by atomic mass is 10.1. The van der Waals surface area contributed by atoms with Gasteiger partial charge in [0.25, 0.3) is 5.91 Å². The molecule has 0 radical (unpaired) electrons. The van der Waals surface area contributed by atoms with Crippen LogP contribution in [-0.4, -0.2) is 19.1 Å². The second-order valence-electron chi connectivity index (χ2n) is 6.14. The second-order valence-corrected chi connectivity index (χ2v) is 6.14. The van der Waals surface area contributed by atoms with Crippen LogP contribution in [0.25, 0.3) is 0 Å². The summed E-state index contributed by atoms with van der Waals surface area (Å²) in [5.41, 5.74) is 1.26. The zero-order valence-electron chi connectivity index (χ0n) is 14.8. The maximum atomic E-state index is 12.3. The lowest BCUT2D eigenvalue weighted by Crippen LogP contribution is -2.12. The number of nitrogens with one attached hydrogen (secondary N) is 1. The van der Waals surface area contributed by atoms with Crippen molar-refractivity contribution in [1.29, 1.82) is 0 Å². The Bertz CT molecular complexity index is 693. The van der Waals surface area contributed by atoms with Gasteiger partial charge < -0.3 is 14.8 Å². The Morgan fingerprint density at radius 1 is 1.12 bits per heavy atom. The third-order valence-corrected chi connectivity index (χ3v) is 3.54. The lowest BCUT2D eigenvalue weighted by molar-refractivity contribution is 0.102. The first-order valence-electron chi connectivity index (χ1n) is 8.46. The maximum absolute atomic E-state index is 12.3. The number of hydrogen-bond acceptors (Lipinski definition) is 3. The van der Waals surface area contributed by atoms with Gasteiger partial charge in [-0.1, -0.05) is 32.6 Å². The van der Waals surface area contributed by atoms with Crippen molar-refractivity contribution in [3.8, 4) is 11.5 Å². The summed E-state index contributed by atoms with van der Waals surface area (Å²) < 4.78 is 11.1. The van der Waals surface area contributed by atoms with E-state index >= 15 is 0 Å². The van der Waals surface area contributed by atoms with Gasteiger partial charge in [0.15, 0.2) is 0 Å². The molecule has 0 spiro atoms. The number of ether oxygens (including phenoxy) is 2. The summed E-state index contributed by atoms with van der Waals surface area (Å²) in [4.78, 5) is 12.3. The van der Waals surface area contributed by atoms with Crippen molar-refractivity contribution in [3.63, 3.8) is 0 Å². The van der Waals surface area contributed by atoms with Gasteiger partial charge in [-0.05, 0) is 48.7 Å². The van der Waals surface area contributed by atoms with Crippen LogP contribution < -0.4 is 14.8 Å². The van der Waals surface area contributed by atoms with Crippen LogP contribution in [0.2, 0.25) is 0 Å². The molecule has 1 N–H and O–H groups in total. The van der Waals surface area contributed by atoms with E-state index in [-0.39, 0.29) is 5.91 Å². The van der Waals surface area contributed by atoms with Crippen molar-refractivity contribution < 1.29 is 14.3 Å². The second kappa shape index (κ2) is 9.52. The first kappa shape index (κ1) is 18.6. The summed E-state index contributed by atoms with van der Waals surface area (Å²) in [6, 6.07) is 14.4. The van der Waals surface area contributed by atoms with Gasteiger partial charge in [0, 0.05) is 17.3 Å². The SMILES string of the molecule is C=CCOc1cccc(NC(=O)c2ccc(OCCC(C)C)cc2)c1. The van der Waals surface area contributed by atoms with Gasteiger partial charge in [-0.2, -0.15) is 0 Å². The molecule has 0 aliphatic heterocycles. The largest absolute Gasteiger partial charge is 0.494 e. The Hall–Kier alpha value is -2.75. The molecule has 0 atom stereocenters. The minimum atomic E-state index is -0.172. The van der Waals surface area contributed by atoms with Crippen molar-refractivity contribution in [2.45, 2.75) is 20.3 Å². The number of anilines is 1. The molecule has 2 rings (SSSR count). The normalized spacial score (nSPS) is 10.4. The highest BCUT2D eigenvalue weighted by molar-refractivity contribution is 6.04. The molecule has 2 aromatic carbocycles. The van der Waals surface area contributed by atoms with Crippen molar-refractivity contribution in [3.05, 3.63) is 66.7 Å². The van der Waals surface area contributed by atoms with E-state index < -0.39 is 0 Å². The molecule has 0 aliphatic carbocycles. The molecule has 0 saturated heterocycles. The number of hydrogen-bond donors (Lipinski definition) is 1. The van der Waals surface area contributed by atoms with Crippen LogP contribution >= 0.6 is 0 Å². The molecule has 4 nitrogen and oxygen atoms in total. The summed E-state index contributed by atoms with van der Waals surface area (Å²) in [7, 11) is 0. The van der Waals surface area contributed by atoms with Crippen molar-refractivity contribution in [1.82, 2.24) is 0 Å². The monoisotopic (exact) mass is 339 g/mol. The van der Waals surface area contributed by atoms with Gasteiger partial charge in [0.2, 0.25) is 0 Å². The van der Waals surface area contributed by atoms with Gasteiger partial charge in [0.1, 0.15) is 18.1 Å². The van der Waals surface area contributed by atoms with Crippen LogP contribution in [0.15, 0.2) is 61.2 Å². The van der Waals surface area contributed by atoms with Crippen LogP contribution in [0, 0.1) is 5.92 Å². The molecule has 0 unspecified atom stereocenters.